The van der Waals surface area contributed by atoms with E-state index in [1.165, 1.54) is 6.20 Å². The maximum atomic E-state index is 15.0. The van der Waals surface area contributed by atoms with Crippen molar-refractivity contribution in [2.75, 3.05) is 18.0 Å². The van der Waals surface area contributed by atoms with Gasteiger partial charge in [-0.05, 0) is 23.6 Å². The number of nitrogens with zero attached hydrogens (tertiary/aromatic N) is 3. The number of aromatic carboxylic acids is 1. The Balaban J connectivity index is 1.68. The van der Waals surface area contributed by atoms with Gasteiger partial charge in [0, 0.05) is 44.5 Å². The minimum atomic E-state index is -1.36. The average molecular weight is 423 g/mol. The van der Waals surface area contributed by atoms with Crippen LogP contribution in [-0.4, -0.2) is 45.8 Å². The second-order valence-corrected chi connectivity index (χ2v) is 8.14. The predicted molar refractivity (Wildman–Crippen MR) is 114 cm³/mol. The number of piperazine rings is 1. The van der Waals surface area contributed by atoms with Crippen LogP contribution in [0.25, 0.3) is 11.0 Å². The summed E-state index contributed by atoms with van der Waals surface area (Å²) in [6, 6.07) is 9.16. The van der Waals surface area contributed by atoms with Gasteiger partial charge in [-0.15, -0.1) is 0 Å². The van der Waals surface area contributed by atoms with Crippen LogP contribution in [0.1, 0.15) is 27.9 Å². The molecule has 8 nitrogen and oxygen atoms in total. The number of carbonyl (C=O) groups is 1. The number of hydrogen-bond acceptors (Lipinski definition) is 6. The third-order valence-corrected chi connectivity index (χ3v) is 6.12. The van der Waals surface area contributed by atoms with Crippen LogP contribution >= 0.6 is 0 Å². The fraction of sp³-hybridized carbons (Fsp3) is 0.318. The number of benzene rings is 1. The second-order valence-electron chi connectivity index (χ2n) is 8.14. The topological polar surface area (TPSA) is 113 Å². The Hall–Kier alpha value is -3.30. The normalized spacial score (nSPS) is 20.0. The summed E-state index contributed by atoms with van der Waals surface area (Å²) < 4.78 is 16.6. The van der Waals surface area contributed by atoms with Crippen LogP contribution in [0.3, 0.4) is 0 Å². The summed E-state index contributed by atoms with van der Waals surface area (Å²) in [5.41, 5.74) is 6.65. The molecule has 4 N–H and O–H groups in total. The summed E-state index contributed by atoms with van der Waals surface area (Å²) in [6.07, 6.45) is 2.21. The Bertz CT molecular complexity index is 1260. The summed E-state index contributed by atoms with van der Waals surface area (Å²) in [7, 11) is 0. The van der Waals surface area contributed by atoms with Crippen LogP contribution in [0.2, 0.25) is 0 Å². The maximum absolute atomic E-state index is 15.0. The zero-order chi connectivity index (χ0) is 21.7. The van der Waals surface area contributed by atoms with Gasteiger partial charge in [-0.25, -0.2) is 14.2 Å². The van der Waals surface area contributed by atoms with Crippen LogP contribution in [0.5, 0.6) is 0 Å². The number of halogens is 1. The summed E-state index contributed by atoms with van der Waals surface area (Å²) >= 11 is 0. The monoisotopic (exact) mass is 423 g/mol. The van der Waals surface area contributed by atoms with Gasteiger partial charge >= 0.3 is 5.97 Å². The second kappa shape index (κ2) is 7.44. The van der Waals surface area contributed by atoms with E-state index in [4.69, 9.17) is 5.73 Å². The number of rotatable bonds is 5. The van der Waals surface area contributed by atoms with Crippen LogP contribution in [0.15, 0.2) is 41.3 Å². The van der Waals surface area contributed by atoms with Crippen molar-refractivity contribution in [2.24, 2.45) is 5.73 Å². The molecule has 0 spiro atoms. The highest BCUT2D eigenvalue weighted by Crippen LogP contribution is 2.31. The molecule has 5 rings (SSSR count). The van der Waals surface area contributed by atoms with E-state index in [0.717, 1.165) is 30.2 Å². The van der Waals surface area contributed by atoms with Gasteiger partial charge in [0.05, 0.1) is 5.39 Å². The highest BCUT2D eigenvalue weighted by molar-refractivity contribution is 5.92. The lowest BCUT2D eigenvalue weighted by molar-refractivity contribution is 0.0695. The fourth-order valence-electron chi connectivity index (χ4n) is 4.62. The van der Waals surface area contributed by atoms with E-state index in [1.54, 1.807) is 4.57 Å². The van der Waals surface area contributed by atoms with Crippen molar-refractivity contribution in [2.45, 2.75) is 31.6 Å². The molecule has 0 saturated carbocycles. The number of pyridine rings is 2. The Morgan fingerprint density at radius 2 is 2.13 bits per heavy atom. The number of carboxylic acids is 1. The van der Waals surface area contributed by atoms with Crippen LogP contribution in [0.4, 0.5) is 10.2 Å². The lowest BCUT2D eigenvalue weighted by Gasteiger charge is -2.29. The number of carboxylic acid groups (broad SMARTS) is 1. The van der Waals surface area contributed by atoms with Gasteiger partial charge in [0.1, 0.15) is 11.2 Å². The van der Waals surface area contributed by atoms with Crippen molar-refractivity contribution in [3.63, 3.8) is 0 Å². The third kappa shape index (κ3) is 3.35. The first-order chi connectivity index (χ1) is 14.9. The Kier molecular flexibility index (Phi) is 4.71. The molecule has 1 aromatic carbocycles. The SMILES string of the molecule is NCc1cccc(Cn2cc(C(=O)O)c(=O)c3cc(F)c(N4C[C@@H]5C[C@@H]4CN5)nc32)c1. The van der Waals surface area contributed by atoms with Crippen LogP contribution in [-0.2, 0) is 13.1 Å². The fourth-order valence-corrected chi connectivity index (χ4v) is 4.62. The predicted octanol–water partition coefficient (Wildman–Crippen LogP) is 1.29. The molecule has 2 aliphatic heterocycles. The molecule has 2 bridgehead atoms. The van der Waals surface area contributed by atoms with Crippen molar-refractivity contribution >= 4 is 22.8 Å². The standard InChI is InChI=1S/C22H22FN5O3/c23-18-6-16-19(29)17(22(30)31)11-27(9-13-3-1-2-12(4-13)7-24)20(16)26-21(18)28-10-14-5-15(28)8-25-14/h1-4,6,11,14-15,25H,5,7-10,24H2,(H,30,31)/t14-,15+/m0/s1. The Morgan fingerprint density at radius 1 is 1.32 bits per heavy atom. The minimum absolute atomic E-state index is 0.0430. The van der Waals surface area contributed by atoms with Crippen molar-refractivity contribution in [3.8, 4) is 0 Å². The molecule has 31 heavy (non-hydrogen) atoms. The molecule has 2 aromatic heterocycles. The largest absolute Gasteiger partial charge is 0.477 e. The van der Waals surface area contributed by atoms with Crippen molar-refractivity contribution in [1.29, 1.82) is 0 Å². The van der Waals surface area contributed by atoms with Gasteiger partial charge in [0.15, 0.2) is 11.6 Å². The number of fused-ring (bicyclic) bond motifs is 3. The summed E-state index contributed by atoms with van der Waals surface area (Å²) in [6.45, 7) is 2.06. The average Bonchev–Trinajstić information content (AvgIpc) is 3.39. The molecule has 160 valence electrons. The number of nitrogens with one attached hydrogen (secondary N) is 1. The van der Waals surface area contributed by atoms with Gasteiger partial charge in [0.2, 0.25) is 5.43 Å². The first-order valence-corrected chi connectivity index (χ1v) is 10.2. The highest BCUT2D eigenvalue weighted by atomic mass is 19.1. The van der Waals surface area contributed by atoms with Crippen LogP contribution in [0, 0.1) is 5.82 Å². The molecular formula is C22H22FN5O3. The van der Waals surface area contributed by atoms with E-state index < -0.39 is 22.8 Å². The molecular weight excluding hydrogens is 401 g/mol. The van der Waals surface area contributed by atoms with Crippen molar-refractivity contribution in [3.05, 3.63) is 69.3 Å². The first-order valence-electron chi connectivity index (χ1n) is 10.2. The summed E-state index contributed by atoms with van der Waals surface area (Å²) in [5, 5.41) is 12.8. The number of nitrogens with two attached hydrogens (primary N) is 1. The van der Waals surface area contributed by atoms with Gasteiger partial charge in [0.25, 0.3) is 0 Å². The van der Waals surface area contributed by atoms with Crippen molar-refractivity contribution < 1.29 is 14.3 Å². The lowest BCUT2D eigenvalue weighted by Crippen LogP contribution is -2.44. The molecule has 0 radical (unpaired) electrons. The van der Waals surface area contributed by atoms with Crippen LogP contribution < -0.4 is 21.4 Å². The van der Waals surface area contributed by atoms with Gasteiger partial charge in [-0.1, -0.05) is 24.3 Å². The third-order valence-electron chi connectivity index (χ3n) is 6.12. The molecule has 2 saturated heterocycles. The first kappa shape index (κ1) is 19.7. The van der Waals surface area contributed by atoms with Gasteiger partial charge in [-0.3, -0.25) is 4.79 Å². The number of anilines is 1. The molecule has 0 unspecified atom stereocenters. The highest BCUT2D eigenvalue weighted by Gasteiger charge is 2.39. The van der Waals surface area contributed by atoms with Gasteiger partial charge < -0.3 is 25.6 Å². The molecule has 3 aromatic rings. The smallest absolute Gasteiger partial charge is 0.341 e. The molecule has 2 atom stereocenters. The van der Waals surface area contributed by atoms with E-state index in [9.17, 15) is 14.7 Å². The summed E-state index contributed by atoms with van der Waals surface area (Å²) in [5.74, 6) is -1.77. The maximum Gasteiger partial charge on any atom is 0.341 e. The van der Waals surface area contributed by atoms with Crippen molar-refractivity contribution in [1.82, 2.24) is 14.9 Å². The molecule has 0 amide bonds. The van der Waals surface area contributed by atoms with Gasteiger partial charge in [-0.2, -0.15) is 0 Å². The summed E-state index contributed by atoms with van der Waals surface area (Å²) in [4.78, 5) is 30.9. The molecule has 4 heterocycles. The van der Waals surface area contributed by atoms with E-state index in [1.807, 2.05) is 29.2 Å². The zero-order valence-electron chi connectivity index (χ0n) is 16.7. The van der Waals surface area contributed by atoms with E-state index >= 15 is 4.39 Å². The quantitative estimate of drug-likeness (QED) is 0.567. The number of hydrogen-bond donors (Lipinski definition) is 3. The zero-order valence-corrected chi connectivity index (χ0v) is 16.7. The Morgan fingerprint density at radius 3 is 2.81 bits per heavy atom. The van der Waals surface area contributed by atoms with E-state index in [0.29, 0.717) is 19.1 Å². The lowest BCUT2D eigenvalue weighted by atomic mass is 10.1. The molecule has 9 heteroatoms. The molecule has 0 aliphatic carbocycles. The minimum Gasteiger partial charge on any atom is -0.477 e. The van der Waals surface area contributed by atoms with E-state index in [-0.39, 0.29) is 29.4 Å². The molecule has 2 fully saturated rings. The molecule has 2 aliphatic rings. The Labute approximate surface area is 177 Å². The van der Waals surface area contributed by atoms with E-state index in [2.05, 4.69) is 10.3 Å². The number of aromatic nitrogens is 2.